The van der Waals surface area contributed by atoms with Gasteiger partial charge in [-0.15, -0.1) is 12.3 Å². The first-order valence-corrected chi connectivity index (χ1v) is 20.1. The average Bonchev–Trinajstić information content (AvgIpc) is 3.09. The molecule has 3 N–H and O–H groups in total. The Balaban J connectivity index is 1.73. The number of nitrogens with one attached hydrogen (secondary N) is 2. The summed E-state index contributed by atoms with van der Waals surface area (Å²) in [6, 6.07) is 7.93. The zero-order valence-electron chi connectivity index (χ0n) is 30.2. The second kappa shape index (κ2) is 21.7. The van der Waals surface area contributed by atoms with Gasteiger partial charge in [0.2, 0.25) is 21.8 Å². The fraction of sp³-hybridized carbons (Fsp3) is 0.737. The first-order valence-electron chi connectivity index (χ1n) is 18.5. The van der Waals surface area contributed by atoms with E-state index in [1.165, 1.54) is 10.7 Å². The summed E-state index contributed by atoms with van der Waals surface area (Å²) in [5, 5.41) is 17.2. The zero-order chi connectivity index (χ0) is 35.6. The van der Waals surface area contributed by atoms with Crippen LogP contribution in [0, 0.1) is 30.1 Å². The topological polar surface area (TPSA) is 128 Å². The molecule has 1 aliphatic carbocycles. The van der Waals surface area contributed by atoms with Gasteiger partial charge in [-0.05, 0) is 62.5 Å². The fourth-order valence-electron chi connectivity index (χ4n) is 6.86. The summed E-state index contributed by atoms with van der Waals surface area (Å²) in [5.41, 5.74) is 0.832. The lowest BCUT2D eigenvalue weighted by atomic mass is 9.83. The van der Waals surface area contributed by atoms with E-state index in [0.717, 1.165) is 57.3 Å². The SMILES string of the molecule is C#CCC[C@H](NC(=O)[C@H](Cc1ccccc1)CS(=O)(=O)N(C)CCCN1CCOCC1)C(=O)NC(CC1CCCCC1)[C@@H](O)CCC(C)C. The van der Waals surface area contributed by atoms with Gasteiger partial charge in [0.05, 0.1) is 37.0 Å². The van der Waals surface area contributed by atoms with Crippen molar-refractivity contribution in [3.8, 4) is 12.3 Å². The Kier molecular flexibility index (Phi) is 18.1. The van der Waals surface area contributed by atoms with Gasteiger partial charge in [-0.1, -0.05) is 76.3 Å². The molecule has 1 aromatic rings. The maximum absolute atomic E-state index is 14.0. The molecule has 1 heterocycles. The van der Waals surface area contributed by atoms with Gasteiger partial charge in [0.1, 0.15) is 6.04 Å². The molecule has 0 bridgehead atoms. The Morgan fingerprint density at radius 1 is 1.04 bits per heavy atom. The van der Waals surface area contributed by atoms with Crippen LogP contribution >= 0.6 is 0 Å². The van der Waals surface area contributed by atoms with Crippen LogP contribution in [0.2, 0.25) is 0 Å². The average molecular weight is 703 g/mol. The number of aliphatic hydroxyl groups is 1. The molecule has 1 aliphatic heterocycles. The Morgan fingerprint density at radius 3 is 2.39 bits per heavy atom. The van der Waals surface area contributed by atoms with Crippen molar-refractivity contribution < 1.29 is 27.9 Å². The molecule has 2 amide bonds. The number of sulfonamides is 1. The number of hydrogen-bond donors (Lipinski definition) is 3. The quantitative estimate of drug-likeness (QED) is 0.166. The maximum Gasteiger partial charge on any atom is 0.242 e. The van der Waals surface area contributed by atoms with E-state index in [1.807, 2.05) is 30.3 Å². The van der Waals surface area contributed by atoms with Gasteiger partial charge < -0.3 is 20.5 Å². The molecule has 3 rings (SSSR count). The highest BCUT2D eigenvalue weighted by atomic mass is 32.2. The van der Waals surface area contributed by atoms with Gasteiger partial charge >= 0.3 is 0 Å². The first-order chi connectivity index (χ1) is 23.5. The summed E-state index contributed by atoms with van der Waals surface area (Å²) < 4.78 is 34.0. The molecule has 1 saturated carbocycles. The van der Waals surface area contributed by atoms with Crippen molar-refractivity contribution >= 4 is 21.8 Å². The summed E-state index contributed by atoms with van der Waals surface area (Å²) in [6.07, 6.45) is 14.0. The molecule has 0 spiro atoms. The van der Waals surface area contributed by atoms with E-state index in [0.29, 0.717) is 50.9 Å². The maximum atomic E-state index is 14.0. The molecule has 0 radical (unpaired) electrons. The lowest BCUT2D eigenvalue weighted by molar-refractivity contribution is -0.131. The molecular formula is C38H62N4O6S. The van der Waals surface area contributed by atoms with Crippen molar-refractivity contribution in [1.29, 1.82) is 0 Å². The Bertz CT molecular complexity index is 1260. The number of carbonyl (C=O) groups is 2. The smallest absolute Gasteiger partial charge is 0.242 e. The molecule has 1 unspecified atom stereocenters. The van der Waals surface area contributed by atoms with Crippen LogP contribution in [-0.4, -0.2) is 105 Å². The summed E-state index contributed by atoms with van der Waals surface area (Å²) in [7, 11) is -2.24. The molecular weight excluding hydrogens is 641 g/mol. The molecule has 2 aliphatic rings. The minimum Gasteiger partial charge on any atom is -0.391 e. The van der Waals surface area contributed by atoms with Crippen LogP contribution in [0.1, 0.15) is 90.0 Å². The predicted octanol–water partition coefficient (Wildman–Crippen LogP) is 3.98. The van der Waals surface area contributed by atoms with Gasteiger partial charge in [-0.3, -0.25) is 14.5 Å². The highest BCUT2D eigenvalue weighted by Crippen LogP contribution is 2.29. The minimum absolute atomic E-state index is 0.204. The third kappa shape index (κ3) is 15.1. The van der Waals surface area contributed by atoms with Crippen LogP contribution in [0.4, 0.5) is 0 Å². The largest absolute Gasteiger partial charge is 0.391 e. The number of benzene rings is 1. The van der Waals surface area contributed by atoms with Crippen LogP contribution < -0.4 is 10.6 Å². The monoisotopic (exact) mass is 702 g/mol. The fourth-order valence-corrected chi connectivity index (χ4v) is 8.30. The van der Waals surface area contributed by atoms with Gasteiger partial charge in [0.25, 0.3) is 0 Å². The normalized spacial score (nSPS) is 18.8. The summed E-state index contributed by atoms with van der Waals surface area (Å²) in [6.45, 7) is 8.38. The van der Waals surface area contributed by atoms with Crippen LogP contribution in [0.5, 0.6) is 0 Å². The summed E-state index contributed by atoms with van der Waals surface area (Å²) >= 11 is 0. The van der Waals surface area contributed by atoms with Crippen LogP contribution in [0.25, 0.3) is 0 Å². The second-order valence-electron chi connectivity index (χ2n) is 14.5. The lowest BCUT2D eigenvalue weighted by Gasteiger charge is -2.32. The third-order valence-electron chi connectivity index (χ3n) is 9.99. The number of aliphatic hydroxyl groups excluding tert-OH is 1. The number of terminal acetylenes is 1. The van der Waals surface area contributed by atoms with Crippen molar-refractivity contribution in [3.05, 3.63) is 35.9 Å². The Labute approximate surface area is 296 Å². The molecule has 4 atom stereocenters. The highest BCUT2D eigenvalue weighted by Gasteiger charge is 2.33. The standard InChI is InChI=1S/C38H62N4O6S/c1-5-6-18-34(38(45)40-35(36(43)20-19-30(2)3)28-32-16-11-8-12-17-32)39-37(44)33(27-31-14-9-7-10-15-31)29-49(46,47)41(4)21-13-22-42-23-25-48-26-24-42/h1,7,9-10,14-15,30,32-36,43H,6,8,11-13,16-29H2,2-4H3,(H,39,44)(H,40,45)/t33-,34+,35?,36+/m1/s1. The van der Waals surface area contributed by atoms with Crippen molar-refractivity contribution in [2.45, 2.75) is 109 Å². The van der Waals surface area contributed by atoms with E-state index < -0.39 is 45.9 Å². The second-order valence-corrected chi connectivity index (χ2v) is 16.6. The number of amides is 2. The molecule has 1 saturated heterocycles. The summed E-state index contributed by atoms with van der Waals surface area (Å²) in [4.78, 5) is 30.1. The van der Waals surface area contributed by atoms with E-state index in [-0.39, 0.29) is 25.0 Å². The van der Waals surface area contributed by atoms with E-state index in [9.17, 15) is 23.1 Å². The number of morpholine rings is 1. The number of ether oxygens (including phenoxy) is 1. The zero-order valence-corrected chi connectivity index (χ0v) is 31.0. The van der Waals surface area contributed by atoms with Crippen molar-refractivity contribution in [2.75, 3.05) is 52.2 Å². The Hall–Kier alpha value is -2.49. The van der Waals surface area contributed by atoms with E-state index >= 15 is 0 Å². The molecule has 2 fully saturated rings. The number of carbonyl (C=O) groups excluding carboxylic acids is 2. The molecule has 1 aromatic carbocycles. The van der Waals surface area contributed by atoms with Crippen molar-refractivity contribution in [3.63, 3.8) is 0 Å². The van der Waals surface area contributed by atoms with Crippen molar-refractivity contribution in [2.24, 2.45) is 17.8 Å². The number of hydrogen-bond acceptors (Lipinski definition) is 7. The molecule has 11 heteroatoms. The van der Waals surface area contributed by atoms with E-state index in [1.54, 1.807) is 7.05 Å². The van der Waals surface area contributed by atoms with Crippen molar-refractivity contribution in [1.82, 2.24) is 19.8 Å². The molecule has 0 aromatic heterocycles. The molecule has 49 heavy (non-hydrogen) atoms. The van der Waals surface area contributed by atoms with Crippen LogP contribution in [0.3, 0.4) is 0 Å². The first kappa shape index (κ1) is 40.9. The minimum atomic E-state index is -3.80. The Morgan fingerprint density at radius 2 is 1.73 bits per heavy atom. The lowest BCUT2D eigenvalue weighted by Crippen LogP contribution is -2.54. The van der Waals surface area contributed by atoms with E-state index in [2.05, 4.69) is 35.3 Å². The number of rotatable bonds is 21. The molecule has 276 valence electrons. The molecule has 10 nitrogen and oxygen atoms in total. The van der Waals surface area contributed by atoms with E-state index in [4.69, 9.17) is 11.2 Å². The van der Waals surface area contributed by atoms with Gasteiger partial charge in [-0.2, -0.15) is 0 Å². The van der Waals surface area contributed by atoms with Gasteiger partial charge in [0.15, 0.2) is 0 Å². The number of nitrogens with zero attached hydrogens (tertiary/aromatic N) is 2. The van der Waals surface area contributed by atoms with Gasteiger partial charge in [0, 0.05) is 33.1 Å². The third-order valence-corrected chi connectivity index (χ3v) is 11.9. The highest BCUT2D eigenvalue weighted by molar-refractivity contribution is 7.89. The summed E-state index contributed by atoms with van der Waals surface area (Å²) in [5.74, 6) is 1.21. The van der Waals surface area contributed by atoms with Crippen LogP contribution in [0.15, 0.2) is 30.3 Å². The van der Waals surface area contributed by atoms with Gasteiger partial charge in [-0.25, -0.2) is 12.7 Å². The van der Waals surface area contributed by atoms with Crippen LogP contribution in [-0.2, 0) is 30.8 Å². The predicted molar refractivity (Wildman–Crippen MR) is 195 cm³/mol.